The zero-order valence-electron chi connectivity index (χ0n) is 13.7. The molecule has 0 saturated carbocycles. The van der Waals surface area contributed by atoms with Gasteiger partial charge in [0.2, 0.25) is 5.91 Å². The van der Waals surface area contributed by atoms with Crippen LogP contribution in [0.3, 0.4) is 0 Å². The summed E-state index contributed by atoms with van der Waals surface area (Å²) in [5, 5.41) is 4.28. The lowest BCUT2D eigenvalue weighted by Crippen LogP contribution is -2.37. The monoisotopic (exact) mass is 312 g/mol. The smallest absolute Gasteiger partial charge is 0.241 e. The van der Waals surface area contributed by atoms with E-state index in [0.29, 0.717) is 0 Å². The van der Waals surface area contributed by atoms with Gasteiger partial charge in [0, 0.05) is 23.1 Å². The summed E-state index contributed by atoms with van der Waals surface area (Å²) in [6, 6.07) is 6.05. The first kappa shape index (κ1) is 14.8. The lowest BCUT2D eigenvalue weighted by molar-refractivity contribution is -0.119. The largest absolute Gasteiger partial charge is 0.461 e. The number of nitrogens with zero attached hydrogens (tertiary/aromatic N) is 1. The van der Waals surface area contributed by atoms with E-state index < -0.39 is 0 Å². The van der Waals surface area contributed by atoms with Gasteiger partial charge in [0.1, 0.15) is 11.3 Å². The van der Waals surface area contributed by atoms with Crippen LogP contribution >= 0.6 is 0 Å². The summed E-state index contributed by atoms with van der Waals surface area (Å²) in [4.78, 5) is 14.6. The SMILES string of the molecule is CN1CCC[C@H]1C(=O)Nc1ccc2oc3c(c2c1)CCCCC3. The number of furan rings is 1. The van der Waals surface area contributed by atoms with Crippen molar-refractivity contribution < 1.29 is 9.21 Å². The molecule has 2 heterocycles. The minimum Gasteiger partial charge on any atom is -0.461 e. The van der Waals surface area contributed by atoms with Crippen LogP contribution in [0.2, 0.25) is 0 Å². The van der Waals surface area contributed by atoms with Crippen molar-refractivity contribution in [1.82, 2.24) is 4.90 Å². The molecule has 122 valence electrons. The number of fused-ring (bicyclic) bond motifs is 3. The Bertz CT molecular complexity index is 734. The van der Waals surface area contributed by atoms with Crippen molar-refractivity contribution in [3.05, 3.63) is 29.5 Å². The van der Waals surface area contributed by atoms with E-state index in [2.05, 4.69) is 16.3 Å². The molecule has 1 fully saturated rings. The molecule has 2 aliphatic rings. The summed E-state index contributed by atoms with van der Waals surface area (Å²) < 4.78 is 6.03. The van der Waals surface area contributed by atoms with Gasteiger partial charge in [-0.3, -0.25) is 9.69 Å². The first-order valence-electron chi connectivity index (χ1n) is 8.78. The number of benzene rings is 1. The standard InChI is InChI=1S/C19H24N2O2/c1-21-11-5-7-16(21)19(22)20-13-9-10-18-15(12-13)14-6-3-2-4-8-17(14)23-18/h9-10,12,16H,2-8,11H2,1H3,(H,20,22)/t16-/m0/s1. The van der Waals surface area contributed by atoms with Crippen LogP contribution in [0.4, 0.5) is 5.69 Å². The van der Waals surface area contributed by atoms with Crippen molar-refractivity contribution in [3.8, 4) is 0 Å². The van der Waals surface area contributed by atoms with E-state index >= 15 is 0 Å². The average Bonchev–Trinajstić information content (AvgIpc) is 3.03. The Morgan fingerprint density at radius 3 is 2.91 bits per heavy atom. The molecule has 0 radical (unpaired) electrons. The Labute approximate surface area is 136 Å². The Hall–Kier alpha value is -1.81. The number of likely N-dealkylation sites (tertiary alicyclic amines) is 1. The van der Waals surface area contributed by atoms with Gasteiger partial charge in [-0.1, -0.05) is 6.42 Å². The van der Waals surface area contributed by atoms with E-state index in [-0.39, 0.29) is 11.9 Å². The predicted molar refractivity (Wildman–Crippen MR) is 91.8 cm³/mol. The first-order chi connectivity index (χ1) is 11.2. The van der Waals surface area contributed by atoms with Crippen molar-refractivity contribution in [2.24, 2.45) is 0 Å². The summed E-state index contributed by atoms with van der Waals surface area (Å²) >= 11 is 0. The third-order valence-electron chi connectivity index (χ3n) is 5.30. The van der Waals surface area contributed by atoms with Gasteiger partial charge in [-0.2, -0.15) is 0 Å². The molecule has 1 aliphatic heterocycles. The molecule has 0 spiro atoms. The number of aryl methyl sites for hydroxylation is 2. The first-order valence-corrected chi connectivity index (χ1v) is 8.78. The highest BCUT2D eigenvalue weighted by molar-refractivity contribution is 5.97. The predicted octanol–water partition coefficient (Wildman–Crippen LogP) is 3.73. The van der Waals surface area contributed by atoms with E-state index in [1.807, 2.05) is 19.2 Å². The maximum atomic E-state index is 12.5. The van der Waals surface area contributed by atoms with E-state index in [9.17, 15) is 4.79 Å². The Kier molecular flexibility index (Phi) is 3.85. The number of rotatable bonds is 2. The molecule has 1 atom stereocenters. The maximum absolute atomic E-state index is 12.5. The topological polar surface area (TPSA) is 45.5 Å². The van der Waals surface area contributed by atoms with Crippen molar-refractivity contribution in [1.29, 1.82) is 0 Å². The van der Waals surface area contributed by atoms with Crippen LogP contribution in [0, 0.1) is 0 Å². The van der Waals surface area contributed by atoms with Gasteiger partial charge in [-0.05, 0) is 63.9 Å². The molecular weight excluding hydrogens is 288 g/mol. The van der Waals surface area contributed by atoms with E-state index in [1.165, 1.54) is 30.2 Å². The molecule has 1 amide bonds. The molecule has 2 aromatic rings. The van der Waals surface area contributed by atoms with Crippen LogP contribution in [-0.2, 0) is 17.6 Å². The number of carbonyl (C=O) groups excluding carboxylic acids is 1. The molecule has 0 bridgehead atoms. The molecule has 0 unspecified atom stereocenters. The van der Waals surface area contributed by atoms with Crippen LogP contribution in [0.5, 0.6) is 0 Å². The molecule has 4 heteroatoms. The van der Waals surface area contributed by atoms with Crippen LogP contribution in [-0.4, -0.2) is 30.4 Å². The van der Waals surface area contributed by atoms with Gasteiger partial charge in [0.05, 0.1) is 6.04 Å². The van der Waals surface area contributed by atoms with Crippen molar-refractivity contribution in [2.75, 3.05) is 18.9 Å². The van der Waals surface area contributed by atoms with Crippen molar-refractivity contribution >= 4 is 22.6 Å². The fourth-order valence-electron chi connectivity index (χ4n) is 3.98. The van der Waals surface area contributed by atoms with Crippen molar-refractivity contribution in [3.63, 3.8) is 0 Å². The number of nitrogens with one attached hydrogen (secondary N) is 1. The molecule has 4 rings (SSSR count). The van der Waals surface area contributed by atoms with E-state index in [1.54, 1.807) is 0 Å². The van der Waals surface area contributed by atoms with Crippen LogP contribution in [0.25, 0.3) is 11.0 Å². The summed E-state index contributed by atoms with van der Waals surface area (Å²) in [7, 11) is 2.02. The van der Waals surface area contributed by atoms with Gasteiger partial charge in [-0.15, -0.1) is 0 Å². The van der Waals surface area contributed by atoms with E-state index in [4.69, 9.17) is 4.42 Å². The number of amides is 1. The lowest BCUT2D eigenvalue weighted by atomic mass is 10.1. The van der Waals surface area contributed by atoms with Crippen LogP contribution in [0.1, 0.15) is 43.4 Å². The highest BCUT2D eigenvalue weighted by Gasteiger charge is 2.27. The Morgan fingerprint density at radius 1 is 1.22 bits per heavy atom. The van der Waals surface area contributed by atoms with Gasteiger partial charge in [0.15, 0.2) is 0 Å². The molecule has 1 aliphatic carbocycles. The van der Waals surface area contributed by atoms with Crippen LogP contribution < -0.4 is 5.32 Å². The molecule has 23 heavy (non-hydrogen) atoms. The Morgan fingerprint density at radius 2 is 2.09 bits per heavy atom. The number of hydrogen-bond donors (Lipinski definition) is 1. The highest BCUT2D eigenvalue weighted by Crippen LogP contribution is 2.33. The van der Waals surface area contributed by atoms with Gasteiger partial charge in [-0.25, -0.2) is 0 Å². The summed E-state index contributed by atoms with van der Waals surface area (Å²) in [5.74, 6) is 1.26. The highest BCUT2D eigenvalue weighted by atomic mass is 16.3. The molecule has 1 N–H and O–H groups in total. The summed E-state index contributed by atoms with van der Waals surface area (Å²) in [6.45, 7) is 1.01. The van der Waals surface area contributed by atoms with Gasteiger partial charge < -0.3 is 9.73 Å². The fraction of sp³-hybridized carbons (Fsp3) is 0.526. The second-order valence-corrected chi connectivity index (χ2v) is 6.90. The van der Waals surface area contributed by atoms with E-state index in [0.717, 1.165) is 49.3 Å². The molecule has 1 saturated heterocycles. The second-order valence-electron chi connectivity index (χ2n) is 6.90. The fourth-order valence-corrected chi connectivity index (χ4v) is 3.98. The van der Waals surface area contributed by atoms with Gasteiger partial charge in [0.25, 0.3) is 0 Å². The zero-order valence-corrected chi connectivity index (χ0v) is 13.7. The minimum atomic E-state index is 0.00663. The molecule has 1 aromatic heterocycles. The average molecular weight is 312 g/mol. The van der Waals surface area contributed by atoms with Crippen LogP contribution in [0.15, 0.2) is 22.6 Å². The number of hydrogen-bond acceptors (Lipinski definition) is 3. The van der Waals surface area contributed by atoms with Crippen molar-refractivity contribution in [2.45, 2.75) is 51.0 Å². The van der Waals surface area contributed by atoms with Gasteiger partial charge >= 0.3 is 0 Å². The molecule has 1 aromatic carbocycles. The molecule has 4 nitrogen and oxygen atoms in total. The summed E-state index contributed by atoms with van der Waals surface area (Å²) in [6.07, 6.45) is 7.89. The number of carbonyl (C=O) groups is 1. The zero-order chi connectivity index (χ0) is 15.8. The number of likely N-dealkylation sites (N-methyl/N-ethyl adjacent to an activating group) is 1. The minimum absolute atomic E-state index is 0.00663. The normalized spacial score (nSPS) is 22.0. The third kappa shape index (κ3) is 2.76. The number of anilines is 1. The Balaban J connectivity index is 1.61. The second kappa shape index (κ2) is 6.00. The quantitative estimate of drug-likeness (QED) is 0.859. The lowest BCUT2D eigenvalue weighted by Gasteiger charge is -2.18. The molecular formula is C19H24N2O2. The summed E-state index contributed by atoms with van der Waals surface area (Å²) in [5.41, 5.74) is 3.19. The third-order valence-corrected chi connectivity index (χ3v) is 5.30. The maximum Gasteiger partial charge on any atom is 0.241 e.